The number of hydrogen-bond donors (Lipinski definition) is 0. The zero-order chi connectivity index (χ0) is 20.1. The molecule has 0 radical (unpaired) electrons. The standard InChI is InChI=1S/C22H23N3O3S/c23-12-17-1-3-18(4-2-17)14-29-15-22(26)25-9-7-24(8-10-25)13-19-5-6-20-21(11-19)28-16-27-20/h1-6,11H,7-10,13-16H2. The van der Waals surface area contributed by atoms with Gasteiger partial charge in [-0.15, -0.1) is 11.8 Å². The van der Waals surface area contributed by atoms with Crippen LogP contribution in [0, 0.1) is 11.3 Å². The molecule has 2 heterocycles. The predicted molar refractivity (Wildman–Crippen MR) is 112 cm³/mol. The Morgan fingerprint density at radius 3 is 2.48 bits per heavy atom. The van der Waals surface area contributed by atoms with Crippen molar-refractivity contribution in [1.82, 2.24) is 9.80 Å². The van der Waals surface area contributed by atoms with Crippen molar-refractivity contribution in [3.05, 3.63) is 59.2 Å². The van der Waals surface area contributed by atoms with Crippen molar-refractivity contribution in [1.29, 1.82) is 5.26 Å². The van der Waals surface area contributed by atoms with E-state index in [1.165, 1.54) is 5.56 Å². The van der Waals surface area contributed by atoms with E-state index in [2.05, 4.69) is 17.0 Å². The molecule has 0 bridgehead atoms. The normalized spacial score (nSPS) is 15.9. The van der Waals surface area contributed by atoms with E-state index in [1.807, 2.05) is 41.3 Å². The summed E-state index contributed by atoms with van der Waals surface area (Å²) in [7, 11) is 0. The molecule has 2 aromatic carbocycles. The number of hydrogen-bond acceptors (Lipinski definition) is 6. The third-order valence-electron chi connectivity index (χ3n) is 5.15. The molecule has 29 heavy (non-hydrogen) atoms. The lowest BCUT2D eigenvalue weighted by Gasteiger charge is -2.34. The number of carbonyl (C=O) groups is 1. The highest BCUT2D eigenvalue weighted by Crippen LogP contribution is 2.32. The Morgan fingerprint density at radius 1 is 1.00 bits per heavy atom. The zero-order valence-corrected chi connectivity index (χ0v) is 17.0. The molecule has 4 rings (SSSR count). The van der Waals surface area contributed by atoms with Crippen molar-refractivity contribution in [3.8, 4) is 17.6 Å². The van der Waals surface area contributed by atoms with Gasteiger partial charge < -0.3 is 14.4 Å². The van der Waals surface area contributed by atoms with Crippen molar-refractivity contribution >= 4 is 17.7 Å². The van der Waals surface area contributed by atoms with Crippen LogP contribution >= 0.6 is 11.8 Å². The van der Waals surface area contributed by atoms with Gasteiger partial charge in [-0.25, -0.2) is 0 Å². The molecule has 0 aromatic heterocycles. The van der Waals surface area contributed by atoms with Gasteiger partial charge in [0.2, 0.25) is 12.7 Å². The predicted octanol–water partition coefficient (Wildman–Crippen LogP) is 2.86. The van der Waals surface area contributed by atoms with Crippen LogP contribution in [-0.4, -0.2) is 54.4 Å². The van der Waals surface area contributed by atoms with Gasteiger partial charge in [-0.05, 0) is 35.4 Å². The molecule has 2 aromatic rings. The highest BCUT2D eigenvalue weighted by atomic mass is 32.2. The quantitative estimate of drug-likeness (QED) is 0.731. The Kier molecular flexibility index (Phi) is 6.23. The zero-order valence-electron chi connectivity index (χ0n) is 16.2. The van der Waals surface area contributed by atoms with E-state index < -0.39 is 0 Å². The van der Waals surface area contributed by atoms with Crippen molar-refractivity contribution < 1.29 is 14.3 Å². The molecule has 2 aliphatic rings. The summed E-state index contributed by atoms with van der Waals surface area (Å²) in [4.78, 5) is 16.8. The monoisotopic (exact) mass is 409 g/mol. The van der Waals surface area contributed by atoms with Crippen LogP contribution in [0.15, 0.2) is 42.5 Å². The third kappa shape index (κ3) is 5.03. The SMILES string of the molecule is N#Cc1ccc(CSCC(=O)N2CCN(Cc3ccc4c(c3)OCO4)CC2)cc1. The maximum atomic E-state index is 12.5. The van der Waals surface area contributed by atoms with Gasteiger partial charge in [-0.1, -0.05) is 18.2 Å². The van der Waals surface area contributed by atoms with Crippen LogP contribution < -0.4 is 9.47 Å². The molecule has 0 unspecified atom stereocenters. The van der Waals surface area contributed by atoms with Gasteiger partial charge in [0.05, 0.1) is 17.4 Å². The molecule has 1 amide bonds. The van der Waals surface area contributed by atoms with Gasteiger partial charge in [0, 0.05) is 38.5 Å². The van der Waals surface area contributed by atoms with Crippen LogP contribution in [0.2, 0.25) is 0 Å². The van der Waals surface area contributed by atoms with Gasteiger partial charge >= 0.3 is 0 Å². The van der Waals surface area contributed by atoms with E-state index in [0.29, 0.717) is 18.1 Å². The lowest BCUT2D eigenvalue weighted by atomic mass is 10.1. The molecule has 7 heteroatoms. The highest BCUT2D eigenvalue weighted by molar-refractivity contribution is 7.99. The fourth-order valence-electron chi connectivity index (χ4n) is 3.48. The van der Waals surface area contributed by atoms with E-state index >= 15 is 0 Å². The van der Waals surface area contributed by atoms with Crippen LogP contribution in [0.3, 0.4) is 0 Å². The first-order chi connectivity index (χ1) is 14.2. The second kappa shape index (κ2) is 9.21. The molecule has 0 N–H and O–H groups in total. The summed E-state index contributed by atoms with van der Waals surface area (Å²) in [5.74, 6) is 3.09. The minimum Gasteiger partial charge on any atom is -0.454 e. The van der Waals surface area contributed by atoms with Crippen molar-refractivity contribution in [2.45, 2.75) is 12.3 Å². The van der Waals surface area contributed by atoms with Crippen LogP contribution in [0.1, 0.15) is 16.7 Å². The fourth-order valence-corrected chi connectivity index (χ4v) is 4.36. The number of nitriles is 1. The third-order valence-corrected chi connectivity index (χ3v) is 6.13. The number of fused-ring (bicyclic) bond motifs is 1. The molecule has 1 saturated heterocycles. The molecule has 150 valence electrons. The number of nitrogens with zero attached hydrogens (tertiary/aromatic N) is 3. The lowest BCUT2D eigenvalue weighted by molar-refractivity contribution is -0.130. The second-order valence-electron chi connectivity index (χ2n) is 7.15. The number of rotatable bonds is 6. The van der Waals surface area contributed by atoms with Gasteiger partial charge in [0.1, 0.15) is 0 Å². The van der Waals surface area contributed by atoms with Gasteiger partial charge in [0.15, 0.2) is 11.5 Å². The van der Waals surface area contributed by atoms with Crippen LogP contribution in [-0.2, 0) is 17.1 Å². The summed E-state index contributed by atoms with van der Waals surface area (Å²) < 4.78 is 10.8. The van der Waals surface area contributed by atoms with E-state index in [-0.39, 0.29) is 5.91 Å². The van der Waals surface area contributed by atoms with E-state index in [4.69, 9.17) is 14.7 Å². The highest BCUT2D eigenvalue weighted by Gasteiger charge is 2.22. The number of ether oxygens (including phenoxy) is 2. The molecule has 0 saturated carbocycles. The summed E-state index contributed by atoms with van der Waals surface area (Å²) in [5.41, 5.74) is 3.00. The Balaban J connectivity index is 1.19. The average molecular weight is 410 g/mol. The molecular formula is C22H23N3O3S. The number of thioether (sulfide) groups is 1. The first-order valence-corrected chi connectivity index (χ1v) is 10.8. The fraction of sp³-hybridized carbons (Fsp3) is 0.364. The van der Waals surface area contributed by atoms with E-state index in [9.17, 15) is 4.79 Å². The maximum Gasteiger partial charge on any atom is 0.232 e. The summed E-state index contributed by atoms with van der Waals surface area (Å²) >= 11 is 1.62. The minimum absolute atomic E-state index is 0.200. The molecule has 1 fully saturated rings. The first-order valence-electron chi connectivity index (χ1n) is 9.67. The van der Waals surface area contributed by atoms with E-state index in [0.717, 1.165) is 55.5 Å². The second-order valence-corrected chi connectivity index (χ2v) is 8.13. The van der Waals surface area contributed by atoms with Gasteiger partial charge in [-0.3, -0.25) is 9.69 Å². The Hall–Kier alpha value is -2.69. The smallest absolute Gasteiger partial charge is 0.232 e. The minimum atomic E-state index is 0.200. The largest absolute Gasteiger partial charge is 0.454 e. The van der Waals surface area contributed by atoms with Crippen molar-refractivity contribution in [2.75, 3.05) is 38.7 Å². The molecule has 6 nitrogen and oxygen atoms in total. The average Bonchev–Trinajstić information content (AvgIpc) is 3.22. The molecule has 0 atom stereocenters. The Morgan fingerprint density at radius 2 is 1.72 bits per heavy atom. The molecule has 2 aliphatic heterocycles. The molecule has 0 spiro atoms. The van der Waals surface area contributed by atoms with Crippen LogP contribution in [0.5, 0.6) is 11.5 Å². The van der Waals surface area contributed by atoms with Gasteiger partial charge in [-0.2, -0.15) is 5.26 Å². The Labute approximate surface area is 175 Å². The van der Waals surface area contributed by atoms with Crippen molar-refractivity contribution in [2.24, 2.45) is 0 Å². The number of piperazine rings is 1. The van der Waals surface area contributed by atoms with Crippen LogP contribution in [0.4, 0.5) is 0 Å². The summed E-state index contributed by atoms with van der Waals surface area (Å²) in [6.45, 7) is 4.43. The number of amides is 1. The first kappa shape index (κ1) is 19.6. The summed E-state index contributed by atoms with van der Waals surface area (Å²) in [6.07, 6.45) is 0. The molecular weight excluding hydrogens is 386 g/mol. The lowest BCUT2D eigenvalue weighted by Crippen LogP contribution is -2.48. The summed E-state index contributed by atoms with van der Waals surface area (Å²) in [6, 6.07) is 15.7. The Bertz CT molecular complexity index is 903. The topological polar surface area (TPSA) is 65.8 Å². The van der Waals surface area contributed by atoms with E-state index in [1.54, 1.807) is 11.8 Å². The number of carbonyl (C=O) groups excluding carboxylic acids is 1. The summed E-state index contributed by atoms with van der Waals surface area (Å²) in [5, 5.41) is 8.84. The maximum absolute atomic E-state index is 12.5. The molecule has 0 aliphatic carbocycles. The van der Waals surface area contributed by atoms with Crippen LogP contribution in [0.25, 0.3) is 0 Å². The van der Waals surface area contributed by atoms with Crippen molar-refractivity contribution in [3.63, 3.8) is 0 Å². The van der Waals surface area contributed by atoms with Gasteiger partial charge in [0.25, 0.3) is 0 Å². The number of benzene rings is 2.